The highest BCUT2D eigenvalue weighted by Gasteiger charge is 2.30. The first-order valence-electron chi connectivity index (χ1n) is 6.51. The van der Waals surface area contributed by atoms with E-state index < -0.39 is 12.1 Å². The molecule has 0 saturated carbocycles. The highest BCUT2D eigenvalue weighted by molar-refractivity contribution is 5.95. The van der Waals surface area contributed by atoms with E-state index in [0.29, 0.717) is 23.4 Å². The van der Waals surface area contributed by atoms with E-state index in [1.807, 2.05) is 0 Å². The van der Waals surface area contributed by atoms with Crippen LogP contribution in [0.25, 0.3) is 5.65 Å². The van der Waals surface area contributed by atoms with Crippen LogP contribution < -0.4 is 0 Å². The molecule has 1 fully saturated rings. The van der Waals surface area contributed by atoms with Crippen molar-refractivity contribution in [3.63, 3.8) is 0 Å². The molecular weight excluding hydrogens is 276 g/mol. The summed E-state index contributed by atoms with van der Waals surface area (Å²) < 4.78 is 6.70. The number of morpholine rings is 1. The Balaban J connectivity index is 1.89. The van der Waals surface area contributed by atoms with Crippen molar-refractivity contribution in [2.24, 2.45) is 0 Å². The van der Waals surface area contributed by atoms with Gasteiger partial charge in [-0.3, -0.25) is 4.79 Å². The molecule has 2 aromatic rings. The van der Waals surface area contributed by atoms with E-state index in [4.69, 9.17) is 9.84 Å². The maximum absolute atomic E-state index is 12.6. The molecule has 1 amide bonds. The molecule has 2 aromatic heterocycles. The maximum atomic E-state index is 12.6. The quantitative estimate of drug-likeness (QED) is 0.833. The van der Waals surface area contributed by atoms with Crippen LogP contribution in [-0.4, -0.2) is 62.3 Å². The molecule has 0 spiro atoms. The minimum Gasteiger partial charge on any atom is -0.479 e. The fourth-order valence-corrected chi connectivity index (χ4v) is 2.35. The Morgan fingerprint density at radius 1 is 1.48 bits per heavy atom. The summed E-state index contributed by atoms with van der Waals surface area (Å²) >= 11 is 0. The Bertz CT molecular complexity index is 711. The molecular formula is C13H14N4O4. The van der Waals surface area contributed by atoms with E-state index in [2.05, 4.69) is 10.1 Å². The summed E-state index contributed by atoms with van der Waals surface area (Å²) in [5.41, 5.74) is 1.75. The summed E-state index contributed by atoms with van der Waals surface area (Å²) in [4.78, 5) is 29.2. The first-order valence-corrected chi connectivity index (χ1v) is 6.51. The zero-order valence-electron chi connectivity index (χ0n) is 11.4. The lowest BCUT2D eigenvalue weighted by molar-refractivity contribution is -0.154. The Labute approximate surface area is 119 Å². The van der Waals surface area contributed by atoms with Crippen LogP contribution in [0.15, 0.2) is 18.5 Å². The normalized spacial score (nSPS) is 18.9. The lowest BCUT2D eigenvalue weighted by atomic mass is 10.2. The molecule has 1 aliphatic heterocycles. The second-order valence-corrected chi connectivity index (χ2v) is 4.81. The third-order valence-corrected chi connectivity index (χ3v) is 3.52. The summed E-state index contributed by atoms with van der Waals surface area (Å²) in [6.07, 6.45) is 2.13. The molecule has 110 valence electrons. The lowest BCUT2D eigenvalue weighted by Crippen LogP contribution is -2.48. The van der Waals surface area contributed by atoms with E-state index in [1.54, 1.807) is 23.7 Å². The van der Waals surface area contributed by atoms with E-state index in [9.17, 15) is 9.59 Å². The number of aryl methyl sites for hydroxylation is 1. The van der Waals surface area contributed by atoms with Crippen molar-refractivity contribution in [3.05, 3.63) is 29.7 Å². The summed E-state index contributed by atoms with van der Waals surface area (Å²) in [6, 6.07) is 1.75. The Kier molecular flexibility index (Phi) is 3.30. The zero-order chi connectivity index (χ0) is 15.0. The van der Waals surface area contributed by atoms with Crippen molar-refractivity contribution >= 4 is 17.5 Å². The number of ether oxygens (including phenoxy) is 1. The Hall–Kier alpha value is -2.48. The number of fused-ring (bicyclic) bond motifs is 1. The summed E-state index contributed by atoms with van der Waals surface area (Å²) in [5, 5.41) is 13.1. The fourth-order valence-electron chi connectivity index (χ4n) is 2.35. The van der Waals surface area contributed by atoms with Crippen LogP contribution >= 0.6 is 0 Å². The molecule has 21 heavy (non-hydrogen) atoms. The number of aliphatic carboxylic acids is 1. The fraction of sp³-hybridized carbons (Fsp3) is 0.385. The van der Waals surface area contributed by atoms with Gasteiger partial charge in [-0.1, -0.05) is 0 Å². The molecule has 1 N–H and O–H groups in total. The van der Waals surface area contributed by atoms with Gasteiger partial charge in [0.05, 0.1) is 30.6 Å². The van der Waals surface area contributed by atoms with Crippen molar-refractivity contribution in [2.45, 2.75) is 13.0 Å². The number of carbonyl (C=O) groups is 2. The second kappa shape index (κ2) is 5.13. The van der Waals surface area contributed by atoms with Gasteiger partial charge in [0.25, 0.3) is 5.91 Å². The smallest absolute Gasteiger partial charge is 0.334 e. The average molecular weight is 290 g/mol. The van der Waals surface area contributed by atoms with Crippen molar-refractivity contribution in [1.29, 1.82) is 0 Å². The SMILES string of the molecule is Cc1c(C(=O)N2CCOC(C(=O)O)C2)cnc2ccnn12. The van der Waals surface area contributed by atoms with Gasteiger partial charge in [-0.2, -0.15) is 5.10 Å². The van der Waals surface area contributed by atoms with Crippen LogP contribution in [0, 0.1) is 6.92 Å². The Morgan fingerprint density at radius 3 is 3.05 bits per heavy atom. The lowest BCUT2D eigenvalue weighted by Gasteiger charge is -2.31. The van der Waals surface area contributed by atoms with E-state index in [1.165, 1.54) is 11.1 Å². The average Bonchev–Trinajstić information content (AvgIpc) is 2.96. The predicted molar refractivity (Wildman–Crippen MR) is 71.0 cm³/mol. The van der Waals surface area contributed by atoms with Crippen molar-refractivity contribution in [2.75, 3.05) is 19.7 Å². The number of carboxylic acids is 1. The van der Waals surface area contributed by atoms with Crippen LogP contribution in [0.5, 0.6) is 0 Å². The van der Waals surface area contributed by atoms with Gasteiger partial charge in [0.15, 0.2) is 11.8 Å². The van der Waals surface area contributed by atoms with Gasteiger partial charge in [-0.15, -0.1) is 0 Å². The third-order valence-electron chi connectivity index (χ3n) is 3.52. The van der Waals surface area contributed by atoms with Gasteiger partial charge in [0.1, 0.15) is 0 Å². The summed E-state index contributed by atoms with van der Waals surface area (Å²) in [7, 11) is 0. The van der Waals surface area contributed by atoms with Crippen molar-refractivity contribution in [1.82, 2.24) is 19.5 Å². The number of hydrogen-bond acceptors (Lipinski definition) is 5. The van der Waals surface area contributed by atoms with Crippen LogP contribution in [-0.2, 0) is 9.53 Å². The van der Waals surface area contributed by atoms with Crippen LogP contribution in [0.2, 0.25) is 0 Å². The third kappa shape index (κ3) is 2.33. The Morgan fingerprint density at radius 2 is 2.29 bits per heavy atom. The van der Waals surface area contributed by atoms with Crippen LogP contribution in [0.1, 0.15) is 16.1 Å². The number of carbonyl (C=O) groups excluding carboxylic acids is 1. The molecule has 0 aromatic carbocycles. The van der Waals surface area contributed by atoms with Crippen molar-refractivity contribution in [3.8, 4) is 0 Å². The summed E-state index contributed by atoms with van der Waals surface area (Å²) in [6.45, 7) is 2.38. The molecule has 3 rings (SSSR count). The molecule has 1 unspecified atom stereocenters. The van der Waals surface area contributed by atoms with E-state index in [-0.39, 0.29) is 19.1 Å². The van der Waals surface area contributed by atoms with Gasteiger partial charge in [-0.05, 0) is 6.92 Å². The van der Waals surface area contributed by atoms with E-state index >= 15 is 0 Å². The minimum atomic E-state index is -1.06. The topological polar surface area (TPSA) is 97.0 Å². The van der Waals surface area contributed by atoms with Gasteiger partial charge in [-0.25, -0.2) is 14.3 Å². The van der Waals surface area contributed by atoms with Gasteiger partial charge >= 0.3 is 5.97 Å². The molecule has 3 heterocycles. The number of carboxylic acid groups (broad SMARTS) is 1. The van der Waals surface area contributed by atoms with Gasteiger partial charge in [0, 0.05) is 18.8 Å². The van der Waals surface area contributed by atoms with Crippen molar-refractivity contribution < 1.29 is 19.4 Å². The molecule has 1 saturated heterocycles. The first kappa shape index (κ1) is 13.5. The summed E-state index contributed by atoms with van der Waals surface area (Å²) in [5.74, 6) is -1.32. The molecule has 8 heteroatoms. The van der Waals surface area contributed by atoms with Crippen LogP contribution in [0.3, 0.4) is 0 Å². The minimum absolute atomic E-state index is 0.0325. The highest BCUT2D eigenvalue weighted by Crippen LogP contribution is 2.14. The van der Waals surface area contributed by atoms with E-state index in [0.717, 1.165) is 0 Å². The molecule has 8 nitrogen and oxygen atoms in total. The second-order valence-electron chi connectivity index (χ2n) is 4.81. The van der Waals surface area contributed by atoms with Crippen LogP contribution in [0.4, 0.5) is 0 Å². The molecule has 0 aliphatic carbocycles. The number of amides is 1. The number of nitrogens with zero attached hydrogens (tertiary/aromatic N) is 4. The van der Waals surface area contributed by atoms with Gasteiger partial charge < -0.3 is 14.7 Å². The first-order chi connectivity index (χ1) is 10.1. The number of rotatable bonds is 2. The number of aromatic nitrogens is 3. The number of hydrogen-bond donors (Lipinski definition) is 1. The monoisotopic (exact) mass is 290 g/mol. The highest BCUT2D eigenvalue weighted by atomic mass is 16.5. The maximum Gasteiger partial charge on any atom is 0.334 e. The standard InChI is InChI=1S/C13H14N4O4/c1-8-9(6-14-11-2-3-15-17(8)11)12(18)16-4-5-21-10(7-16)13(19)20/h2-3,6,10H,4-5,7H2,1H3,(H,19,20). The predicted octanol–water partition coefficient (Wildman–Crippen LogP) is -0.0367. The molecule has 1 atom stereocenters. The molecule has 0 radical (unpaired) electrons. The molecule has 0 bridgehead atoms. The molecule has 1 aliphatic rings. The zero-order valence-corrected chi connectivity index (χ0v) is 11.4. The largest absolute Gasteiger partial charge is 0.479 e. The van der Waals surface area contributed by atoms with Gasteiger partial charge in [0.2, 0.25) is 0 Å².